The van der Waals surface area contributed by atoms with Gasteiger partial charge in [0.2, 0.25) is 0 Å². The van der Waals surface area contributed by atoms with Gasteiger partial charge in [0.1, 0.15) is 0 Å². The second kappa shape index (κ2) is 3.35. The Morgan fingerprint density at radius 3 is 2.57 bits per heavy atom. The fourth-order valence-electron chi connectivity index (χ4n) is 1.60. The first-order valence-corrected chi connectivity index (χ1v) is 6.33. The molecular weight excluding hydrogens is 256 g/mol. The molecule has 1 aromatic heterocycles. The van der Waals surface area contributed by atoms with E-state index in [4.69, 9.17) is 0 Å². The van der Waals surface area contributed by atoms with Crippen molar-refractivity contribution >= 4 is 37.4 Å². The summed E-state index contributed by atoms with van der Waals surface area (Å²) in [5, 5.41) is 3.66. The van der Waals surface area contributed by atoms with E-state index in [-0.39, 0.29) is 5.41 Å². The summed E-state index contributed by atoms with van der Waals surface area (Å²) in [6.45, 7) is 6.78. The lowest BCUT2D eigenvalue weighted by atomic mass is 9.87. The van der Waals surface area contributed by atoms with E-state index in [9.17, 15) is 0 Å². The highest BCUT2D eigenvalue weighted by molar-refractivity contribution is 9.10. The first-order chi connectivity index (χ1) is 6.50. The van der Waals surface area contributed by atoms with Gasteiger partial charge in [-0.05, 0) is 43.7 Å². The molecule has 0 unspecified atom stereocenters. The Labute approximate surface area is 97.1 Å². The van der Waals surface area contributed by atoms with Gasteiger partial charge in [-0.15, -0.1) is 11.3 Å². The number of hydrogen-bond acceptors (Lipinski definition) is 1. The largest absolute Gasteiger partial charge is 0.142 e. The van der Waals surface area contributed by atoms with Crippen molar-refractivity contribution < 1.29 is 0 Å². The van der Waals surface area contributed by atoms with Crippen LogP contribution in [0.5, 0.6) is 0 Å². The zero-order chi connectivity index (χ0) is 10.3. The van der Waals surface area contributed by atoms with Crippen LogP contribution in [0, 0.1) is 0 Å². The van der Waals surface area contributed by atoms with Gasteiger partial charge < -0.3 is 0 Å². The number of hydrogen-bond donors (Lipinski definition) is 0. The van der Waals surface area contributed by atoms with E-state index < -0.39 is 0 Å². The topological polar surface area (TPSA) is 0 Å². The lowest BCUT2D eigenvalue weighted by Gasteiger charge is -2.17. The maximum atomic E-state index is 3.59. The second-order valence-electron chi connectivity index (χ2n) is 4.52. The number of halogens is 1. The molecule has 0 nitrogen and oxygen atoms in total. The highest BCUT2D eigenvalue weighted by Gasteiger charge is 2.18. The molecule has 0 N–H and O–H groups in total. The molecule has 1 heterocycles. The van der Waals surface area contributed by atoms with Crippen molar-refractivity contribution in [2.75, 3.05) is 0 Å². The minimum Gasteiger partial charge on any atom is -0.142 e. The van der Waals surface area contributed by atoms with Crippen LogP contribution >= 0.6 is 27.3 Å². The van der Waals surface area contributed by atoms with E-state index in [1.807, 2.05) is 11.3 Å². The first kappa shape index (κ1) is 10.2. The van der Waals surface area contributed by atoms with Gasteiger partial charge in [-0.2, -0.15) is 0 Å². The van der Waals surface area contributed by atoms with Crippen molar-refractivity contribution in [3.8, 4) is 0 Å². The predicted molar refractivity (Wildman–Crippen MR) is 68.2 cm³/mol. The van der Waals surface area contributed by atoms with Crippen LogP contribution in [0.2, 0.25) is 0 Å². The summed E-state index contributed by atoms with van der Waals surface area (Å²) in [6, 6.07) is 6.41. The van der Waals surface area contributed by atoms with Gasteiger partial charge in [0.15, 0.2) is 0 Å². The van der Waals surface area contributed by atoms with Gasteiger partial charge in [0.25, 0.3) is 0 Å². The lowest BCUT2D eigenvalue weighted by Crippen LogP contribution is -2.09. The minimum atomic E-state index is 0.235. The fraction of sp³-hybridized carbons (Fsp3) is 0.333. The first-order valence-electron chi connectivity index (χ1n) is 4.66. The summed E-state index contributed by atoms with van der Waals surface area (Å²) < 4.78 is 2.56. The van der Waals surface area contributed by atoms with Gasteiger partial charge in [0.05, 0.1) is 0 Å². The average molecular weight is 269 g/mol. The van der Waals surface area contributed by atoms with Gasteiger partial charge in [-0.1, -0.05) is 32.9 Å². The zero-order valence-electron chi connectivity index (χ0n) is 8.60. The van der Waals surface area contributed by atoms with Crippen molar-refractivity contribution in [3.05, 3.63) is 33.6 Å². The molecule has 0 aliphatic heterocycles. The summed E-state index contributed by atoms with van der Waals surface area (Å²) >= 11 is 5.41. The van der Waals surface area contributed by atoms with Crippen LogP contribution in [0.15, 0.2) is 28.1 Å². The number of thiophene rings is 1. The van der Waals surface area contributed by atoms with Crippen LogP contribution in [0.25, 0.3) is 10.1 Å². The summed E-state index contributed by atoms with van der Waals surface area (Å²) in [5.74, 6) is 0. The van der Waals surface area contributed by atoms with Crippen molar-refractivity contribution in [3.63, 3.8) is 0 Å². The molecule has 0 aliphatic carbocycles. The molecule has 2 heteroatoms. The molecule has 0 saturated carbocycles. The van der Waals surface area contributed by atoms with Gasteiger partial charge in [0, 0.05) is 9.17 Å². The van der Waals surface area contributed by atoms with Crippen LogP contribution in [0.4, 0.5) is 0 Å². The van der Waals surface area contributed by atoms with E-state index in [2.05, 4.69) is 60.3 Å². The standard InChI is InChI=1S/C12H13BrS/c1-12(2,3)9-7-14-11-8(9)5-4-6-10(11)13/h4-7H,1-3H3. The molecule has 0 fully saturated rings. The summed E-state index contributed by atoms with van der Waals surface area (Å²) in [6.07, 6.45) is 0. The maximum Gasteiger partial charge on any atom is 0.0487 e. The molecule has 0 radical (unpaired) electrons. The smallest absolute Gasteiger partial charge is 0.0487 e. The van der Waals surface area contributed by atoms with Crippen LogP contribution in [-0.2, 0) is 5.41 Å². The van der Waals surface area contributed by atoms with Crippen molar-refractivity contribution in [2.24, 2.45) is 0 Å². The van der Waals surface area contributed by atoms with E-state index in [1.165, 1.54) is 20.1 Å². The molecular formula is C12H13BrS. The van der Waals surface area contributed by atoms with E-state index in [0.717, 1.165) is 0 Å². The normalized spacial score (nSPS) is 12.3. The Kier molecular flexibility index (Phi) is 2.44. The molecule has 0 amide bonds. The lowest BCUT2D eigenvalue weighted by molar-refractivity contribution is 0.598. The Bertz CT molecular complexity index is 463. The quantitative estimate of drug-likeness (QED) is 0.634. The zero-order valence-corrected chi connectivity index (χ0v) is 11.0. The third-order valence-corrected chi connectivity index (χ3v) is 4.31. The molecule has 0 aliphatic rings. The number of rotatable bonds is 0. The maximum absolute atomic E-state index is 3.59. The van der Waals surface area contributed by atoms with Gasteiger partial charge >= 0.3 is 0 Å². The van der Waals surface area contributed by atoms with Crippen molar-refractivity contribution in [1.82, 2.24) is 0 Å². The van der Waals surface area contributed by atoms with E-state index >= 15 is 0 Å². The van der Waals surface area contributed by atoms with Gasteiger partial charge in [-0.25, -0.2) is 0 Å². The molecule has 0 saturated heterocycles. The van der Waals surface area contributed by atoms with Crippen molar-refractivity contribution in [1.29, 1.82) is 0 Å². The molecule has 1 aromatic carbocycles. The summed E-state index contributed by atoms with van der Waals surface area (Å²) in [7, 11) is 0. The average Bonchev–Trinajstić information content (AvgIpc) is 2.47. The highest BCUT2D eigenvalue weighted by Crippen LogP contribution is 2.37. The highest BCUT2D eigenvalue weighted by atomic mass is 79.9. The van der Waals surface area contributed by atoms with E-state index in [0.29, 0.717) is 0 Å². The third kappa shape index (κ3) is 1.61. The Morgan fingerprint density at radius 2 is 1.93 bits per heavy atom. The molecule has 0 bridgehead atoms. The molecule has 2 aromatic rings. The SMILES string of the molecule is CC(C)(C)c1csc2c(Br)cccc12. The monoisotopic (exact) mass is 268 g/mol. The Hall–Kier alpha value is -0.340. The Morgan fingerprint density at radius 1 is 1.21 bits per heavy atom. The van der Waals surface area contributed by atoms with Gasteiger partial charge in [-0.3, -0.25) is 0 Å². The second-order valence-corrected chi connectivity index (χ2v) is 6.25. The third-order valence-electron chi connectivity index (χ3n) is 2.36. The van der Waals surface area contributed by atoms with Crippen LogP contribution in [0.1, 0.15) is 26.3 Å². The molecule has 2 rings (SSSR count). The van der Waals surface area contributed by atoms with Crippen LogP contribution in [-0.4, -0.2) is 0 Å². The van der Waals surface area contributed by atoms with Crippen molar-refractivity contribution in [2.45, 2.75) is 26.2 Å². The molecule has 0 atom stereocenters. The molecule has 0 spiro atoms. The summed E-state index contributed by atoms with van der Waals surface area (Å²) in [4.78, 5) is 0. The number of fused-ring (bicyclic) bond motifs is 1. The molecule has 14 heavy (non-hydrogen) atoms. The fourth-order valence-corrected chi connectivity index (χ4v) is 3.45. The predicted octanol–water partition coefficient (Wildman–Crippen LogP) is 4.96. The summed E-state index contributed by atoms with van der Waals surface area (Å²) in [5.41, 5.74) is 1.68. The van der Waals surface area contributed by atoms with E-state index in [1.54, 1.807) is 0 Å². The minimum absolute atomic E-state index is 0.235. The molecule has 74 valence electrons. The Balaban J connectivity index is 2.76. The van der Waals surface area contributed by atoms with Crippen LogP contribution < -0.4 is 0 Å². The number of benzene rings is 1. The van der Waals surface area contributed by atoms with Crippen LogP contribution in [0.3, 0.4) is 0 Å².